The van der Waals surface area contributed by atoms with Crippen LogP contribution in [0.5, 0.6) is 5.75 Å². The molecule has 1 aliphatic heterocycles. The summed E-state index contributed by atoms with van der Waals surface area (Å²) in [7, 11) is 0. The molecule has 6 heteroatoms. The summed E-state index contributed by atoms with van der Waals surface area (Å²) < 4.78 is 22.0. The molecule has 27 heavy (non-hydrogen) atoms. The van der Waals surface area contributed by atoms with Crippen molar-refractivity contribution in [3.05, 3.63) is 64.2 Å². The maximum absolute atomic E-state index is 11.6. The van der Waals surface area contributed by atoms with E-state index in [1.54, 1.807) is 19.3 Å². The zero-order valence-electron chi connectivity index (χ0n) is 15.0. The Labute approximate surface area is 154 Å². The summed E-state index contributed by atoms with van der Waals surface area (Å²) in [4.78, 5) is 23.1. The molecule has 0 amide bonds. The minimum absolute atomic E-state index is 0.235. The van der Waals surface area contributed by atoms with Crippen LogP contribution in [0, 0.1) is 0 Å². The fourth-order valence-electron chi connectivity index (χ4n) is 3.12. The molecule has 0 N–H and O–H groups in total. The van der Waals surface area contributed by atoms with E-state index in [2.05, 4.69) is 0 Å². The monoisotopic (exact) mass is 366 g/mol. The molecule has 1 aliphatic rings. The van der Waals surface area contributed by atoms with Gasteiger partial charge in [0.15, 0.2) is 11.2 Å². The number of esters is 1. The molecule has 1 aromatic carbocycles. The van der Waals surface area contributed by atoms with E-state index in [-0.39, 0.29) is 18.7 Å². The second-order valence-corrected chi connectivity index (χ2v) is 6.58. The predicted molar refractivity (Wildman–Crippen MR) is 99.8 cm³/mol. The molecule has 0 spiro atoms. The number of carbonyl (C=O) groups excluding carboxylic acids is 1. The number of furan rings is 1. The molecule has 0 fully saturated rings. The topological polar surface area (TPSA) is 78.9 Å². The summed E-state index contributed by atoms with van der Waals surface area (Å²) in [5, 5.41) is 1.63. The summed E-state index contributed by atoms with van der Waals surface area (Å²) in [5.74, 6) is 0.132. The molecule has 0 saturated heterocycles. The lowest BCUT2D eigenvalue weighted by atomic mass is 10.1. The summed E-state index contributed by atoms with van der Waals surface area (Å²) in [5.41, 5.74) is 2.10. The Morgan fingerprint density at radius 1 is 1.19 bits per heavy atom. The van der Waals surface area contributed by atoms with Crippen molar-refractivity contribution in [2.75, 3.05) is 6.61 Å². The number of benzene rings is 1. The van der Waals surface area contributed by atoms with Crippen LogP contribution in [0.2, 0.25) is 0 Å². The van der Waals surface area contributed by atoms with Gasteiger partial charge in [-0.15, -0.1) is 0 Å². The van der Waals surface area contributed by atoms with Crippen molar-refractivity contribution in [2.45, 2.75) is 26.4 Å². The molecule has 1 atom stereocenters. The average Bonchev–Trinajstić information content (AvgIpc) is 3.21. The first-order valence-corrected chi connectivity index (χ1v) is 8.63. The van der Waals surface area contributed by atoms with Gasteiger partial charge in [0.1, 0.15) is 12.7 Å². The van der Waals surface area contributed by atoms with Gasteiger partial charge in [-0.2, -0.15) is 0 Å². The Kier molecular flexibility index (Phi) is 4.32. The van der Waals surface area contributed by atoms with Crippen molar-refractivity contribution in [2.24, 2.45) is 0 Å². The van der Waals surface area contributed by atoms with Crippen molar-refractivity contribution >= 4 is 27.9 Å². The maximum atomic E-state index is 11.6. The van der Waals surface area contributed by atoms with Crippen LogP contribution in [0.3, 0.4) is 0 Å². The van der Waals surface area contributed by atoms with Gasteiger partial charge < -0.3 is 18.3 Å². The minimum atomic E-state index is -0.449. The second-order valence-electron chi connectivity index (χ2n) is 6.58. The van der Waals surface area contributed by atoms with Crippen LogP contribution in [0.25, 0.3) is 21.9 Å². The zero-order valence-corrected chi connectivity index (χ0v) is 15.0. The van der Waals surface area contributed by atoms with Crippen molar-refractivity contribution < 1.29 is 23.1 Å². The highest BCUT2D eigenvalue weighted by Crippen LogP contribution is 2.35. The largest absolute Gasteiger partial charge is 0.482 e. The number of hydrogen-bond acceptors (Lipinski definition) is 6. The fraction of sp³-hybridized carbons (Fsp3) is 0.238. The lowest BCUT2D eigenvalue weighted by Gasteiger charge is -2.10. The second kappa shape index (κ2) is 6.79. The van der Waals surface area contributed by atoms with Crippen molar-refractivity contribution in [1.82, 2.24) is 0 Å². The number of ether oxygens (including phenoxy) is 2. The summed E-state index contributed by atoms with van der Waals surface area (Å²) >= 11 is 0. The van der Waals surface area contributed by atoms with Gasteiger partial charge in [-0.3, -0.25) is 0 Å². The highest BCUT2D eigenvalue weighted by atomic mass is 16.5. The first kappa shape index (κ1) is 17.1. The van der Waals surface area contributed by atoms with Crippen molar-refractivity contribution in [3.8, 4) is 5.75 Å². The third-order valence-corrected chi connectivity index (χ3v) is 4.48. The van der Waals surface area contributed by atoms with Crippen LogP contribution in [-0.4, -0.2) is 18.7 Å². The third kappa shape index (κ3) is 3.38. The Hall–Kier alpha value is -3.28. The molecule has 4 rings (SSSR count). The van der Waals surface area contributed by atoms with Crippen LogP contribution >= 0.6 is 0 Å². The van der Waals surface area contributed by atoms with Gasteiger partial charge in [0.05, 0.1) is 6.26 Å². The van der Waals surface area contributed by atoms with E-state index < -0.39 is 5.63 Å². The molecule has 6 nitrogen and oxygen atoms in total. The van der Waals surface area contributed by atoms with E-state index in [0.29, 0.717) is 28.9 Å². The molecule has 138 valence electrons. The van der Waals surface area contributed by atoms with Crippen LogP contribution in [0.1, 0.15) is 20.3 Å². The molecule has 0 bridgehead atoms. The number of carbonyl (C=O) groups is 1. The van der Waals surface area contributed by atoms with Gasteiger partial charge in [-0.25, -0.2) is 9.59 Å². The van der Waals surface area contributed by atoms with Gasteiger partial charge in [-0.05, 0) is 44.2 Å². The highest BCUT2D eigenvalue weighted by Gasteiger charge is 2.22. The number of hydrogen-bond donors (Lipinski definition) is 0. The molecular formula is C21H18O6. The maximum Gasteiger partial charge on any atom is 0.336 e. The van der Waals surface area contributed by atoms with E-state index in [4.69, 9.17) is 18.3 Å². The first-order valence-electron chi connectivity index (χ1n) is 8.63. The smallest absolute Gasteiger partial charge is 0.336 e. The Morgan fingerprint density at radius 2 is 2.00 bits per heavy atom. The third-order valence-electron chi connectivity index (χ3n) is 4.48. The van der Waals surface area contributed by atoms with Crippen LogP contribution in [-0.2, 0) is 9.53 Å². The Bertz CT molecular complexity index is 1140. The lowest BCUT2D eigenvalue weighted by Crippen LogP contribution is -2.08. The van der Waals surface area contributed by atoms with Crippen LogP contribution in [0.15, 0.2) is 67.5 Å². The van der Waals surface area contributed by atoms with E-state index >= 15 is 0 Å². The molecule has 0 radical (unpaired) electrons. The van der Waals surface area contributed by atoms with E-state index in [1.807, 2.05) is 31.2 Å². The quantitative estimate of drug-likeness (QED) is 0.384. The Balaban J connectivity index is 1.56. The van der Waals surface area contributed by atoms with Gasteiger partial charge in [0.2, 0.25) is 5.75 Å². The van der Waals surface area contributed by atoms with Gasteiger partial charge in [-0.1, -0.05) is 5.57 Å². The summed E-state index contributed by atoms with van der Waals surface area (Å²) in [6.07, 6.45) is 5.67. The predicted octanol–water partition coefficient (Wildman–Crippen LogP) is 4.13. The molecule has 3 heterocycles. The van der Waals surface area contributed by atoms with Gasteiger partial charge >= 0.3 is 11.6 Å². The van der Waals surface area contributed by atoms with E-state index in [1.165, 1.54) is 6.07 Å². The SMILES string of the molecule is CC1=C[C@H](C/C(C)=C/COc2c3occc3cc3ccc(=O)oc23)OC1=O. The van der Waals surface area contributed by atoms with Crippen molar-refractivity contribution in [3.63, 3.8) is 0 Å². The average molecular weight is 366 g/mol. The number of cyclic esters (lactones) is 1. The van der Waals surface area contributed by atoms with Gasteiger partial charge in [0, 0.05) is 28.8 Å². The first-order chi connectivity index (χ1) is 13.0. The van der Waals surface area contributed by atoms with Crippen molar-refractivity contribution in [1.29, 1.82) is 0 Å². The molecule has 2 aromatic heterocycles. The number of fused-ring (bicyclic) bond motifs is 2. The molecule has 0 unspecified atom stereocenters. The summed E-state index contributed by atoms with van der Waals surface area (Å²) in [6, 6.07) is 6.79. The van der Waals surface area contributed by atoms with E-state index in [0.717, 1.165) is 16.3 Å². The molecular weight excluding hydrogens is 348 g/mol. The van der Waals surface area contributed by atoms with Crippen LogP contribution in [0.4, 0.5) is 0 Å². The number of rotatable bonds is 5. The lowest BCUT2D eigenvalue weighted by molar-refractivity contribution is -0.139. The van der Waals surface area contributed by atoms with Gasteiger partial charge in [0.25, 0.3) is 0 Å². The zero-order chi connectivity index (χ0) is 19.0. The van der Waals surface area contributed by atoms with E-state index in [9.17, 15) is 9.59 Å². The molecule has 0 saturated carbocycles. The molecule has 0 aliphatic carbocycles. The highest BCUT2D eigenvalue weighted by molar-refractivity contribution is 5.99. The van der Waals surface area contributed by atoms with Crippen LogP contribution < -0.4 is 10.4 Å². The standard InChI is InChI=1S/C21H18O6/c1-12(9-16-10-13(2)21(23)26-16)5-7-25-20-18-15(6-8-24-18)11-14-3-4-17(22)27-19(14)20/h3-6,8,10-11,16H,7,9H2,1-2H3/b12-5+/t16-/m0/s1. The Morgan fingerprint density at radius 3 is 2.78 bits per heavy atom. The summed E-state index contributed by atoms with van der Waals surface area (Å²) in [6.45, 7) is 3.96. The normalized spacial score (nSPS) is 17.4. The fourth-order valence-corrected chi connectivity index (χ4v) is 3.12. The minimum Gasteiger partial charge on any atom is -0.482 e. The molecule has 3 aromatic rings.